The van der Waals surface area contributed by atoms with Gasteiger partial charge in [-0.3, -0.25) is 0 Å². The summed E-state index contributed by atoms with van der Waals surface area (Å²) in [5, 5.41) is 12.5. The molecule has 0 fully saturated rings. The molecule has 0 heterocycles. The number of oxime groups is 1. The van der Waals surface area contributed by atoms with Gasteiger partial charge in [0.2, 0.25) is 0 Å². The molecule has 0 unspecified atom stereocenters. The van der Waals surface area contributed by atoms with Crippen LogP contribution >= 0.6 is 11.6 Å². The second-order valence-electron chi connectivity index (χ2n) is 4.36. The molecule has 0 spiro atoms. The summed E-state index contributed by atoms with van der Waals surface area (Å²) in [4.78, 5) is 0. The minimum atomic E-state index is -0.0432. The summed E-state index contributed by atoms with van der Waals surface area (Å²) in [5.74, 6) is 1.58. The quantitative estimate of drug-likeness (QED) is 0.392. The Morgan fingerprint density at radius 2 is 1.90 bits per heavy atom. The predicted octanol–water partition coefficient (Wildman–Crippen LogP) is 3.54. The van der Waals surface area contributed by atoms with Crippen molar-refractivity contribution in [3.8, 4) is 17.2 Å². The first kappa shape index (κ1) is 15.0. The van der Waals surface area contributed by atoms with Crippen LogP contribution in [0.5, 0.6) is 17.2 Å². The van der Waals surface area contributed by atoms with Crippen LogP contribution in [0.4, 0.5) is 0 Å². The molecule has 6 heteroatoms. The van der Waals surface area contributed by atoms with E-state index in [1.807, 2.05) is 6.92 Å². The van der Waals surface area contributed by atoms with Gasteiger partial charge in [-0.1, -0.05) is 16.8 Å². The molecule has 0 amide bonds. The molecule has 0 aliphatic heterocycles. The zero-order chi connectivity index (χ0) is 15.4. The summed E-state index contributed by atoms with van der Waals surface area (Å²) in [7, 11) is 1.55. The van der Waals surface area contributed by atoms with Gasteiger partial charge in [0, 0.05) is 11.1 Å². The number of halogens is 1. The molecule has 5 nitrogen and oxygen atoms in total. The highest BCUT2D eigenvalue weighted by Gasteiger charge is 2.11. The van der Waals surface area contributed by atoms with Crippen molar-refractivity contribution in [2.75, 3.05) is 7.11 Å². The lowest BCUT2D eigenvalue weighted by Gasteiger charge is -2.12. The van der Waals surface area contributed by atoms with Crippen molar-refractivity contribution in [2.24, 2.45) is 10.9 Å². The SMILES string of the molecule is COc1ccc(/C(N)=N/O)c(Oc2ccc(Cl)c(C)c2)c1. The minimum absolute atomic E-state index is 0.0432. The van der Waals surface area contributed by atoms with Crippen molar-refractivity contribution in [3.63, 3.8) is 0 Å². The summed E-state index contributed by atoms with van der Waals surface area (Å²) in [6.45, 7) is 1.88. The number of aryl methyl sites for hydroxylation is 1. The Morgan fingerprint density at radius 1 is 1.19 bits per heavy atom. The Labute approximate surface area is 127 Å². The first-order valence-corrected chi connectivity index (χ1v) is 6.53. The van der Waals surface area contributed by atoms with E-state index in [2.05, 4.69) is 5.16 Å². The van der Waals surface area contributed by atoms with E-state index in [0.717, 1.165) is 5.56 Å². The molecule has 2 aromatic rings. The van der Waals surface area contributed by atoms with E-state index in [0.29, 0.717) is 27.8 Å². The lowest BCUT2D eigenvalue weighted by molar-refractivity contribution is 0.318. The molecule has 3 N–H and O–H groups in total. The van der Waals surface area contributed by atoms with E-state index in [-0.39, 0.29) is 5.84 Å². The first-order chi connectivity index (χ1) is 10.0. The molecule has 0 aromatic heterocycles. The van der Waals surface area contributed by atoms with Crippen LogP contribution in [-0.4, -0.2) is 18.2 Å². The van der Waals surface area contributed by atoms with Crippen LogP contribution < -0.4 is 15.2 Å². The maximum Gasteiger partial charge on any atom is 0.173 e. The van der Waals surface area contributed by atoms with Crippen molar-refractivity contribution in [1.82, 2.24) is 0 Å². The van der Waals surface area contributed by atoms with E-state index in [1.54, 1.807) is 43.5 Å². The number of nitrogens with zero attached hydrogens (tertiary/aromatic N) is 1. The van der Waals surface area contributed by atoms with Crippen LogP contribution in [0, 0.1) is 6.92 Å². The number of rotatable bonds is 4. The molecule has 0 aliphatic carbocycles. The average molecular weight is 307 g/mol. The fourth-order valence-corrected chi connectivity index (χ4v) is 1.90. The molecule has 21 heavy (non-hydrogen) atoms. The maximum absolute atomic E-state index is 8.84. The van der Waals surface area contributed by atoms with Gasteiger partial charge in [-0.2, -0.15) is 0 Å². The van der Waals surface area contributed by atoms with Crippen LogP contribution in [0.1, 0.15) is 11.1 Å². The summed E-state index contributed by atoms with van der Waals surface area (Å²) in [6.07, 6.45) is 0. The number of hydrogen-bond acceptors (Lipinski definition) is 4. The van der Waals surface area contributed by atoms with Gasteiger partial charge in [0.1, 0.15) is 17.2 Å². The van der Waals surface area contributed by atoms with Crippen LogP contribution in [0.25, 0.3) is 0 Å². The second-order valence-corrected chi connectivity index (χ2v) is 4.77. The highest BCUT2D eigenvalue weighted by molar-refractivity contribution is 6.31. The predicted molar refractivity (Wildman–Crippen MR) is 81.8 cm³/mol. The van der Waals surface area contributed by atoms with Crippen LogP contribution in [0.3, 0.4) is 0 Å². The van der Waals surface area contributed by atoms with Gasteiger partial charge in [0.05, 0.1) is 12.7 Å². The van der Waals surface area contributed by atoms with Crippen molar-refractivity contribution in [3.05, 3.63) is 52.5 Å². The second kappa shape index (κ2) is 6.37. The first-order valence-electron chi connectivity index (χ1n) is 6.15. The highest BCUT2D eigenvalue weighted by Crippen LogP contribution is 2.31. The molecule has 0 saturated carbocycles. The van der Waals surface area contributed by atoms with E-state index in [4.69, 9.17) is 32.0 Å². The Balaban J connectivity index is 2.43. The molecule has 0 radical (unpaired) electrons. The van der Waals surface area contributed by atoms with Crippen LogP contribution in [-0.2, 0) is 0 Å². The largest absolute Gasteiger partial charge is 0.497 e. The smallest absolute Gasteiger partial charge is 0.173 e. The topological polar surface area (TPSA) is 77.1 Å². The third-order valence-corrected chi connectivity index (χ3v) is 3.35. The summed E-state index contributed by atoms with van der Waals surface area (Å²) < 4.78 is 11.0. The molecular weight excluding hydrogens is 292 g/mol. The monoisotopic (exact) mass is 306 g/mol. The zero-order valence-electron chi connectivity index (χ0n) is 11.6. The lowest BCUT2D eigenvalue weighted by Crippen LogP contribution is -2.14. The number of ether oxygens (including phenoxy) is 2. The van der Waals surface area contributed by atoms with Crippen LogP contribution in [0.2, 0.25) is 5.02 Å². The summed E-state index contributed by atoms with van der Waals surface area (Å²) in [5.41, 5.74) is 7.01. The summed E-state index contributed by atoms with van der Waals surface area (Å²) >= 11 is 5.99. The van der Waals surface area contributed by atoms with Crippen LogP contribution in [0.15, 0.2) is 41.6 Å². The molecule has 0 atom stereocenters. The number of methoxy groups -OCH3 is 1. The molecule has 0 bridgehead atoms. The molecular formula is C15H15ClN2O3. The highest BCUT2D eigenvalue weighted by atomic mass is 35.5. The van der Waals surface area contributed by atoms with Gasteiger partial charge in [-0.05, 0) is 42.8 Å². The van der Waals surface area contributed by atoms with Crippen molar-refractivity contribution >= 4 is 17.4 Å². The number of nitrogens with two attached hydrogens (primary N) is 1. The molecule has 0 aliphatic rings. The van der Waals surface area contributed by atoms with Crippen molar-refractivity contribution in [1.29, 1.82) is 0 Å². The number of amidine groups is 1. The Kier molecular flexibility index (Phi) is 4.55. The van der Waals surface area contributed by atoms with Gasteiger partial charge in [-0.25, -0.2) is 0 Å². The molecule has 0 saturated heterocycles. The van der Waals surface area contributed by atoms with Gasteiger partial charge in [0.25, 0.3) is 0 Å². The maximum atomic E-state index is 8.84. The van der Waals surface area contributed by atoms with Crippen molar-refractivity contribution in [2.45, 2.75) is 6.92 Å². The van der Waals surface area contributed by atoms with Gasteiger partial charge >= 0.3 is 0 Å². The number of hydrogen-bond donors (Lipinski definition) is 2. The van der Waals surface area contributed by atoms with E-state index in [9.17, 15) is 0 Å². The van der Waals surface area contributed by atoms with E-state index in [1.165, 1.54) is 0 Å². The normalized spacial score (nSPS) is 11.3. The van der Waals surface area contributed by atoms with Crippen molar-refractivity contribution < 1.29 is 14.7 Å². The molecule has 2 aromatic carbocycles. The number of benzene rings is 2. The minimum Gasteiger partial charge on any atom is -0.497 e. The van der Waals surface area contributed by atoms with Gasteiger partial charge in [0.15, 0.2) is 5.84 Å². The molecule has 2 rings (SSSR count). The third kappa shape index (κ3) is 3.38. The standard InChI is InChI=1S/C15H15ClN2O3/c1-9-7-11(4-6-13(9)16)21-14-8-10(20-2)3-5-12(14)15(17)18-19/h3-8,19H,1-2H3,(H2,17,18). The third-order valence-electron chi connectivity index (χ3n) is 2.93. The Morgan fingerprint density at radius 3 is 2.52 bits per heavy atom. The fraction of sp³-hybridized carbons (Fsp3) is 0.133. The average Bonchev–Trinajstić information content (AvgIpc) is 2.50. The Hall–Kier alpha value is -2.40. The lowest BCUT2D eigenvalue weighted by atomic mass is 10.1. The Bertz CT molecular complexity index is 687. The van der Waals surface area contributed by atoms with E-state index >= 15 is 0 Å². The van der Waals surface area contributed by atoms with Gasteiger partial charge < -0.3 is 20.4 Å². The molecule has 110 valence electrons. The van der Waals surface area contributed by atoms with Gasteiger partial charge in [-0.15, -0.1) is 0 Å². The summed E-state index contributed by atoms with van der Waals surface area (Å²) in [6, 6.07) is 10.3. The fourth-order valence-electron chi connectivity index (χ4n) is 1.79. The zero-order valence-corrected chi connectivity index (χ0v) is 12.4. The van der Waals surface area contributed by atoms with E-state index < -0.39 is 0 Å².